The molecule has 0 aliphatic rings. The quantitative estimate of drug-likeness (QED) is 0.381. The number of aryl methyl sites for hydroxylation is 1. The van der Waals surface area contributed by atoms with Gasteiger partial charge in [-0.05, 0) is 42.2 Å². The van der Waals surface area contributed by atoms with Crippen molar-refractivity contribution in [1.29, 1.82) is 0 Å². The molecule has 0 N–H and O–H groups in total. The molecule has 0 saturated heterocycles. The first-order valence-electron chi connectivity index (χ1n) is 9.46. The van der Waals surface area contributed by atoms with Gasteiger partial charge in [0, 0.05) is 11.8 Å². The van der Waals surface area contributed by atoms with E-state index < -0.39 is 0 Å². The lowest BCUT2D eigenvalue weighted by molar-refractivity contribution is 0.103. The molecule has 3 rings (SSSR count). The van der Waals surface area contributed by atoms with Crippen molar-refractivity contribution in [2.24, 2.45) is 0 Å². The molecule has 3 nitrogen and oxygen atoms in total. The Morgan fingerprint density at radius 3 is 2.56 bits per heavy atom. The molecular formula is C24H25NO2. The lowest BCUT2D eigenvalue weighted by Gasteiger charge is -2.14. The van der Waals surface area contributed by atoms with E-state index in [4.69, 9.17) is 4.74 Å². The van der Waals surface area contributed by atoms with Gasteiger partial charge in [0.15, 0.2) is 5.78 Å². The van der Waals surface area contributed by atoms with Crippen LogP contribution in [0, 0.1) is 0 Å². The fraction of sp³-hybridized carbons (Fsp3) is 0.250. The fourth-order valence-corrected chi connectivity index (χ4v) is 3.26. The van der Waals surface area contributed by atoms with Crippen molar-refractivity contribution >= 4 is 5.78 Å². The molecule has 1 aromatic heterocycles. The summed E-state index contributed by atoms with van der Waals surface area (Å²) in [6.45, 7) is 2.18. The number of nitrogens with zero attached hydrogens (tertiary/aromatic N) is 1. The number of carbonyl (C=O) groups excluding carboxylic acids is 1. The van der Waals surface area contributed by atoms with Gasteiger partial charge in [0.2, 0.25) is 0 Å². The number of methoxy groups -OCH3 is 1. The van der Waals surface area contributed by atoms with Crippen LogP contribution in [0.5, 0.6) is 5.75 Å². The number of ether oxygens (including phenoxy) is 1. The van der Waals surface area contributed by atoms with Crippen molar-refractivity contribution in [3.63, 3.8) is 0 Å². The molecule has 3 aromatic rings. The lowest BCUT2D eigenvalue weighted by Crippen LogP contribution is -2.10. The SMILES string of the molecule is CCCCCc1nccc(-c2cccc(OC)c2)c1C(=O)c1ccccc1. The van der Waals surface area contributed by atoms with E-state index in [1.54, 1.807) is 13.3 Å². The van der Waals surface area contributed by atoms with Gasteiger partial charge in [0.1, 0.15) is 5.75 Å². The average Bonchev–Trinajstić information content (AvgIpc) is 2.74. The highest BCUT2D eigenvalue weighted by molar-refractivity contribution is 6.13. The largest absolute Gasteiger partial charge is 0.497 e. The molecule has 0 aliphatic heterocycles. The van der Waals surface area contributed by atoms with Crippen LogP contribution in [-0.4, -0.2) is 17.9 Å². The van der Waals surface area contributed by atoms with E-state index in [9.17, 15) is 4.79 Å². The van der Waals surface area contributed by atoms with Crippen molar-refractivity contribution in [3.05, 3.63) is 83.7 Å². The smallest absolute Gasteiger partial charge is 0.195 e. The molecule has 3 heteroatoms. The lowest BCUT2D eigenvalue weighted by atomic mass is 9.91. The second-order valence-electron chi connectivity index (χ2n) is 6.56. The van der Waals surface area contributed by atoms with E-state index >= 15 is 0 Å². The Morgan fingerprint density at radius 1 is 1.00 bits per heavy atom. The minimum atomic E-state index is 0.0213. The third kappa shape index (κ3) is 4.43. The average molecular weight is 359 g/mol. The van der Waals surface area contributed by atoms with Crippen molar-refractivity contribution in [2.75, 3.05) is 7.11 Å². The van der Waals surface area contributed by atoms with Crippen LogP contribution >= 0.6 is 0 Å². The van der Waals surface area contributed by atoms with E-state index in [-0.39, 0.29) is 5.78 Å². The predicted octanol–water partition coefficient (Wildman–Crippen LogP) is 5.72. The number of benzene rings is 2. The number of rotatable bonds is 8. The zero-order valence-corrected chi connectivity index (χ0v) is 15.9. The van der Waals surface area contributed by atoms with Gasteiger partial charge < -0.3 is 4.74 Å². The first kappa shape index (κ1) is 18.8. The van der Waals surface area contributed by atoms with Crippen LogP contribution in [-0.2, 0) is 6.42 Å². The van der Waals surface area contributed by atoms with E-state index in [2.05, 4.69) is 11.9 Å². The van der Waals surface area contributed by atoms with Gasteiger partial charge in [0.25, 0.3) is 0 Å². The summed E-state index contributed by atoms with van der Waals surface area (Å²) in [5, 5.41) is 0. The van der Waals surface area contributed by atoms with Crippen molar-refractivity contribution in [3.8, 4) is 16.9 Å². The summed E-state index contributed by atoms with van der Waals surface area (Å²) in [6.07, 6.45) is 5.90. The molecular weight excluding hydrogens is 334 g/mol. The number of aromatic nitrogens is 1. The molecule has 27 heavy (non-hydrogen) atoms. The zero-order valence-electron chi connectivity index (χ0n) is 15.9. The molecule has 2 aromatic carbocycles. The molecule has 0 spiro atoms. The molecule has 0 radical (unpaired) electrons. The molecule has 0 amide bonds. The Balaban J connectivity index is 2.12. The van der Waals surface area contributed by atoms with E-state index in [1.807, 2.05) is 60.7 Å². The molecule has 0 atom stereocenters. The van der Waals surface area contributed by atoms with Crippen LogP contribution < -0.4 is 4.74 Å². The molecule has 1 heterocycles. The van der Waals surface area contributed by atoms with Gasteiger partial charge in [0.05, 0.1) is 18.4 Å². The number of hydrogen-bond acceptors (Lipinski definition) is 3. The predicted molar refractivity (Wildman–Crippen MR) is 109 cm³/mol. The Labute approximate surface area is 161 Å². The van der Waals surface area contributed by atoms with Crippen molar-refractivity contribution in [2.45, 2.75) is 32.6 Å². The van der Waals surface area contributed by atoms with E-state index in [1.165, 1.54) is 0 Å². The number of carbonyl (C=O) groups is 1. The van der Waals surface area contributed by atoms with Crippen LogP contribution in [0.15, 0.2) is 66.9 Å². The second kappa shape index (κ2) is 9.13. The Hall–Kier alpha value is -2.94. The van der Waals surface area contributed by atoms with Gasteiger partial charge in [-0.1, -0.05) is 62.2 Å². The minimum absolute atomic E-state index is 0.0213. The van der Waals surface area contributed by atoms with Crippen LogP contribution in [0.3, 0.4) is 0 Å². The molecule has 0 unspecified atom stereocenters. The third-order valence-electron chi connectivity index (χ3n) is 4.69. The monoisotopic (exact) mass is 359 g/mol. The summed E-state index contributed by atoms with van der Waals surface area (Å²) in [7, 11) is 1.65. The normalized spacial score (nSPS) is 10.6. The first-order valence-corrected chi connectivity index (χ1v) is 9.46. The highest BCUT2D eigenvalue weighted by Crippen LogP contribution is 2.30. The van der Waals surface area contributed by atoms with Crippen LogP contribution in [0.1, 0.15) is 47.8 Å². The first-order chi connectivity index (χ1) is 13.2. The topological polar surface area (TPSA) is 39.2 Å². The van der Waals surface area contributed by atoms with Crippen LogP contribution in [0.4, 0.5) is 0 Å². The molecule has 0 fully saturated rings. The summed E-state index contributed by atoms with van der Waals surface area (Å²) in [5.74, 6) is 0.794. The number of pyridine rings is 1. The maximum Gasteiger partial charge on any atom is 0.195 e. The summed E-state index contributed by atoms with van der Waals surface area (Å²) in [4.78, 5) is 18.0. The number of unbranched alkanes of at least 4 members (excludes halogenated alkanes) is 2. The van der Waals surface area contributed by atoms with Crippen molar-refractivity contribution < 1.29 is 9.53 Å². The maximum absolute atomic E-state index is 13.4. The summed E-state index contributed by atoms with van der Waals surface area (Å²) < 4.78 is 5.37. The Morgan fingerprint density at radius 2 is 1.81 bits per heavy atom. The highest BCUT2D eigenvalue weighted by Gasteiger charge is 2.20. The molecule has 0 aliphatic carbocycles. The van der Waals surface area contributed by atoms with Gasteiger partial charge in [-0.15, -0.1) is 0 Å². The number of hydrogen-bond donors (Lipinski definition) is 0. The minimum Gasteiger partial charge on any atom is -0.497 e. The fourth-order valence-electron chi connectivity index (χ4n) is 3.26. The van der Waals surface area contributed by atoms with Crippen LogP contribution in [0.2, 0.25) is 0 Å². The highest BCUT2D eigenvalue weighted by atomic mass is 16.5. The third-order valence-corrected chi connectivity index (χ3v) is 4.69. The number of ketones is 1. The van der Waals surface area contributed by atoms with Gasteiger partial charge in [-0.25, -0.2) is 0 Å². The van der Waals surface area contributed by atoms with Crippen molar-refractivity contribution in [1.82, 2.24) is 4.98 Å². The maximum atomic E-state index is 13.4. The molecule has 0 bridgehead atoms. The van der Waals surface area contributed by atoms with Gasteiger partial charge >= 0.3 is 0 Å². The van der Waals surface area contributed by atoms with Gasteiger partial charge in [-0.2, -0.15) is 0 Å². The Bertz CT molecular complexity index is 903. The summed E-state index contributed by atoms with van der Waals surface area (Å²) in [5.41, 5.74) is 4.13. The zero-order chi connectivity index (χ0) is 19.1. The van der Waals surface area contributed by atoms with Crippen LogP contribution in [0.25, 0.3) is 11.1 Å². The standard InChI is InChI=1S/C24H25NO2/c1-3-4-6-14-22-23(24(26)18-10-7-5-8-11-18)21(15-16-25-22)19-12-9-13-20(17-19)27-2/h5,7-13,15-17H,3-4,6,14H2,1-2H3. The Kier molecular flexibility index (Phi) is 6.37. The van der Waals surface area contributed by atoms with E-state index in [0.29, 0.717) is 11.1 Å². The van der Waals surface area contributed by atoms with Gasteiger partial charge in [-0.3, -0.25) is 9.78 Å². The second-order valence-corrected chi connectivity index (χ2v) is 6.56. The van der Waals surface area contributed by atoms with E-state index in [0.717, 1.165) is 48.3 Å². The molecule has 0 saturated carbocycles. The summed E-state index contributed by atoms with van der Waals surface area (Å²) in [6, 6.07) is 19.2. The molecule has 138 valence electrons. The summed E-state index contributed by atoms with van der Waals surface area (Å²) >= 11 is 0.